The Labute approximate surface area is 114 Å². The first kappa shape index (κ1) is 13.9. The third kappa shape index (κ3) is 3.47. The van der Waals surface area contributed by atoms with Crippen molar-refractivity contribution < 1.29 is 14.6 Å². The number of carboxylic acids is 1. The monoisotopic (exact) mass is 263 g/mol. The maximum Gasteiger partial charge on any atom is 0.335 e. The number of hydrogen-bond acceptors (Lipinski definition) is 3. The molecule has 4 heteroatoms. The van der Waals surface area contributed by atoms with Crippen LogP contribution in [0.1, 0.15) is 37.0 Å². The van der Waals surface area contributed by atoms with Crippen molar-refractivity contribution in [3.63, 3.8) is 0 Å². The molecular weight excluding hydrogens is 242 g/mol. The number of ether oxygens (including phenoxy) is 1. The third-order valence-corrected chi connectivity index (χ3v) is 3.79. The first-order chi connectivity index (χ1) is 9.10. The Morgan fingerprint density at radius 3 is 2.74 bits per heavy atom. The van der Waals surface area contributed by atoms with Gasteiger partial charge in [-0.15, -0.1) is 0 Å². The zero-order valence-electron chi connectivity index (χ0n) is 11.5. The molecule has 4 nitrogen and oxygen atoms in total. The molecule has 1 aliphatic rings. The van der Waals surface area contributed by atoms with Crippen LogP contribution in [0.4, 0.5) is 0 Å². The minimum Gasteiger partial charge on any atom is -0.489 e. The molecule has 0 aromatic heterocycles. The van der Waals surface area contributed by atoms with Gasteiger partial charge in [-0.25, -0.2) is 4.79 Å². The van der Waals surface area contributed by atoms with Crippen molar-refractivity contribution in [2.75, 3.05) is 13.1 Å². The summed E-state index contributed by atoms with van der Waals surface area (Å²) in [7, 11) is 0. The van der Waals surface area contributed by atoms with Crippen LogP contribution < -0.4 is 4.74 Å². The molecule has 0 bridgehead atoms. The zero-order valence-corrected chi connectivity index (χ0v) is 11.5. The maximum absolute atomic E-state index is 10.8. The smallest absolute Gasteiger partial charge is 0.335 e. The molecule has 2 atom stereocenters. The fourth-order valence-corrected chi connectivity index (χ4v) is 2.38. The van der Waals surface area contributed by atoms with Crippen LogP contribution in [-0.4, -0.2) is 41.2 Å². The Bertz CT molecular complexity index is 430. The molecule has 1 fully saturated rings. The second-order valence-electron chi connectivity index (χ2n) is 5.11. The third-order valence-electron chi connectivity index (χ3n) is 3.79. The molecule has 0 aliphatic carbocycles. The summed E-state index contributed by atoms with van der Waals surface area (Å²) in [5, 5.41) is 8.84. The average molecular weight is 263 g/mol. The lowest BCUT2D eigenvalue weighted by atomic mass is 10.2. The van der Waals surface area contributed by atoms with E-state index in [1.54, 1.807) is 24.3 Å². The summed E-state index contributed by atoms with van der Waals surface area (Å²) in [4.78, 5) is 13.2. The quantitative estimate of drug-likeness (QED) is 0.887. The van der Waals surface area contributed by atoms with Crippen LogP contribution in [0, 0.1) is 0 Å². The number of likely N-dealkylation sites (tertiary alicyclic amines) is 1. The highest BCUT2D eigenvalue weighted by molar-refractivity contribution is 5.87. The molecule has 0 spiro atoms. The first-order valence-electron chi connectivity index (χ1n) is 6.84. The number of carboxylic acid groups (broad SMARTS) is 1. The van der Waals surface area contributed by atoms with Crippen LogP contribution in [0.3, 0.4) is 0 Å². The molecule has 104 valence electrons. The topological polar surface area (TPSA) is 49.8 Å². The van der Waals surface area contributed by atoms with Gasteiger partial charge in [-0.1, -0.05) is 6.92 Å². The van der Waals surface area contributed by atoms with E-state index in [0.29, 0.717) is 11.6 Å². The summed E-state index contributed by atoms with van der Waals surface area (Å²) in [5.41, 5.74) is 0.292. The number of aromatic carboxylic acids is 1. The van der Waals surface area contributed by atoms with Gasteiger partial charge in [0.1, 0.15) is 11.9 Å². The molecule has 2 unspecified atom stereocenters. The predicted octanol–water partition coefficient (Wildman–Crippen LogP) is 2.64. The molecule has 0 amide bonds. The standard InChI is InChI=1S/C15H21NO3/c1-3-11(2)16-9-8-14(10-16)19-13-6-4-12(5-7-13)15(17)18/h4-7,11,14H,3,8-10H2,1-2H3,(H,17,18). The summed E-state index contributed by atoms with van der Waals surface area (Å²) in [6, 6.07) is 7.23. The van der Waals surface area contributed by atoms with Crippen molar-refractivity contribution in [3.8, 4) is 5.75 Å². The van der Waals surface area contributed by atoms with Crippen molar-refractivity contribution >= 4 is 5.97 Å². The average Bonchev–Trinajstić information content (AvgIpc) is 2.87. The molecule has 1 aromatic rings. The van der Waals surface area contributed by atoms with Gasteiger partial charge in [-0.05, 0) is 44.0 Å². The van der Waals surface area contributed by atoms with Gasteiger partial charge in [0, 0.05) is 19.1 Å². The van der Waals surface area contributed by atoms with Crippen LogP contribution in [0.5, 0.6) is 5.75 Å². The number of hydrogen-bond donors (Lipinski definition) is 1. The largest absolute Gasteiger partial charge is 0.489 e. The summed E-state index contributed by atoms with van der Waals surface area (Å²) in [6.45, 7) is 6.47. The van der Waals surface area contributed by atoms with Gasteiger partial charge in [0.05, 0.1) is 5.56 Å². The van der Waals surface area contributed by atoms with E-state index in [2.05, 4.69) is 18.7 Å². The zero-order chi connectivity index (χ0) is 13.8. The van der Waals surface area contributed by atoms with Crippen LogP contribution in [0.2, 0.25) is 0 Å². The van der Waals surface area contributed by atoms with E-state index in [0.717, 1.165) is 31.7 Å². The van der Waals surface area contributed by atoms with Crippen molar-refractivity contribution in [3.05, 3.63) is 29.8 Å². The molecule has 1 saturated heterocycles. The van der Waals surface area contributed by atoms with E-state index in [1.165, 1.54) is 0 Å². The van der Waals surface area contributed by atoms with E-state index < -0.39 is 5.97 Å². The minimum atomic E-state index is -0.907. The van der Waals surface area contributed by atoms with Gasteiger partial charge >= 0.3 is 5.97 Å². The Morgan fingerprint density at radius 2 is 2.16 bits per heavy atom. The Kier molecular flexibility index (Phi) is 4.43. The molecule has 1 aromatic carbocycles. The van der Waals surface area contributed by atoms with Crippen molar-refractivity contribution in [1.82, 2.24) is 4.90 Å². The second-order valence-corrected chi connectivity index (χ2v) is 5.11. The number of carbonyl (C=O) groups is 1. The van der Waals surface area contributed by atoms with E-state index in [1.807, 2.05) is 0 Å². The maximum atomic E-state index is 10.8. The van der Waals surface area contributed by atoms with Crippen LogP contribution in [0.15, 0.2) is 24.3 Å². The lowest BCUT2D eigenvalue weighted by Crippen LogP contribution is -2.32. The molecule has 1 aliphatic heterocycles. The fourth-order valence-electron chi connectivity index (χ4n) is 2.38. The van der Waals surface area contributed by atoms with Gasteiger partial charge in [0.15, 0.2) is 0 Å². The van der Waals surface area contributed by atoms with Crippen LogP contribution in [0.25, 0.3) is 0 Å². The highest BCUT2D eigenvalue weighted by Crippen LogP contribution is 2.21. The van der Waals surface area contributed by atoms with E-state index >= 15 is 0 Å². The summed E-state index contributed by atoms with van der Waals surface area (Å²) in [6.07, 6.45) is 2.40. The highest BCUT2D eigenvalue weighted by Gasteiger charge is 2.26. The molecular formula is C15H21NO3. The number of rotatable bonds is 5. The molecule has 0 radical (unpaired) electrons. The number of nitrogens with zero attached hydrogens (tertiary/aromatic N) is 1. The summed E-state index contributed by atoms with van der Waals surface area (Å²) in [5.74, 6) is -0.156. The summed E-state index contributed by atoms with van der Waals surface area (Å²) >= 11 is 0. The van der Waals surface area contributed by atoms with E-state index in [4.69, 9.17) is 9.84 Å². The number of benzene rings is 1. The normalized spacial score (nSPS) is 21.3. The summed E-state index contributed by atoms with van der Waals surface area (Å²) < 4.78 is 5.90. The van der Waals surface area contributed by atoms with E-state index in [9.17, 15) is 4.79 Å². The van der Waals surface area contributed by atoms with Gasteiger partial charge in [-0.3, -0.25) is 4.90 Å². The lowest BCUT2D eigenvalue weighted by molar-refractivity contribution is 0.0697. The molecule has 1 heterocycles. The van der Waals surface area contributed by atoms with Crippen molar-refractivity contribution in [2.45, 2.75) is 38.8 Å². The Morgan fingerprint density at radius 1 is 1.47 bits per heavy atom. The van der Waals surface area contributed by atoms with Gasteiger partial charge in [0.2, 0.25) is 0 Å². The minimum absolute atomic E-state index is 0.213. The molecule has 2 rings (SSSR count). The van der Waals surface area contributed by atoms with Crippen molar-refractivity contribution in [2.24, 2.45) is 0 Å². The van der Waals surface area contributed by atoms with E-state index in [-0.39, 0.29) is 6.10 Å². The predicted molar refractivity (Wildman–Crippen MR) is 73.8 cm³/mol. The van der Waals surface area contributed by atoms with Gasteiger partial charge in [-0.2, -0.15) is 0 Å². The van der Waals surface area contributed by atoms with Gasteiger partial charge < -0.3 is 9.84 Å². The second kappa shape index (κ2) is 6.06. The molecule has 1 N–H and O–H groups in total. The first-order valence-corrected chi connectivity index (χ1v) is 6.84. The fraction of sp³-hybridized carbons (Fsp3) is 0.533. The van der Waals surface area contributed by atoms with Crippen LogP contribution >= 0.6 is 0 Å². The molecule has 0 saturated carbocycles. The lowest BCUT2D eigenvalue weighted by Gasteiger charge is -2.22. The Hall–Kier alpha value is -1.55. The molecule has 19 heavy (non-hydrogen) atoms. The van der Waals surface area contributed by atoms with Crippen molar-refractivity contribution in [1.29, 1.82) is 0 Å². The van der Waals surface area contributed by atoms with Crippen LogP contribution in [-0.2, 0) is 0 Å². The van der Waals surface area contributed by atoms with Gasteiger partial charge in [0.25, 0.3) is 0 Å². The SMILES string of the molecule is CCC(C)N1CCC(Oc2ccc(C(=O)O)cc2)C1. The Balaban J connectivity index is 1.90. The highest BCUT2D eigenvalue weighted by atomic mass is 16.5.